The number of aliphatic hydroxyl groups excluding tert-OH is 1. The molecule has 3 heterocycles. The molecule has 2 aromatic rings. The van der Waals surface area contributed by atoms with E-state index in [1.807, 2.05) is 0 Å². The molecule has 1 saturated heterocycles. The number of ether oxygens (including phenoxy) is 2. The predicted molar refractivity (Wildman–Crippen MR) is 150 cm³/mol. The molecular formula is C30H34N4O8. The molecule has 3 N–H and O–H groups in total. The Balaban J connectivity index is 1.42. The third-order valence-corrected chi connectivity index (χ3v) is 6.99. The lowest BCUT2D eigenvalue weighted by molar-refractivity contribution is -0.175. The van der Waals surface area contributed by atoms with Crippen LogP contribution in [0, 0.1) is 11.3 Å². The van der Waals surface area contributed by atoms with E-state index < -0.39 is 42.2 Å². The number of hydrogen-bond acceptors (Lipinski definition) is 9. The van der Waals surface area contributed by atoms with Crippen molar-refractivity contribution in [1.29, 1.82) is 0 Å². The fourth-order valence-electron chi connectivity index (χ4n) is 4.83. The van der Waals surface area contributed by atoms with E-state index in [4.69, 9.17) is 9.47 Å². The Hall–Kier alpha value is -4.58. The fourth-order valence-corrected chi connectivity index (χ4v) is 4.83. The van der Waals surface area contributed by atoms with Gasteiger partial charge in [0.1, 0.15) is 5.70 Å². The molecule has 0 aliphatic carbocycles. The average molecular weight is 579 g/mol. The van der Waals surface area contributed by atoms with Crippen molar-refractivity contribution in [3.05, 3.63) is 65.6 Å². The van der Waals surface area contributed by atoms with E-state index in [1.54, 1.807) is 69.6 Å². The molecule has 3 amide bonds. The first-order valence-corrected chi connectivity index (χ1v) is 13.5. The Morgan fingerprint density at radius 3 is 2.33 bits per heavy atom. The molecule has 0 saturated carbocycles. The molecule has 0 unspecified atom stereocenters. The average Bonchev–Trinajstić information content (AvgIpc) is 3.27. The molecule has 2 aliphatic rings. The van der Waals surface area contributed by atoms with Crippen molar-refractivity contribution >= 4 is 40.9 Å². The fraction of sp³-hybridized carbons (Fsp3) is 0.400. The number of pyridine rings is 1. The van der Waals surface area contributed by atoms with Crippen LogP contribution in [0.1, 0.15) is 45.2 Å². The number of anilines is 1. The third-order valence-electron chi connectivity index (χ3n) is 6.99. The molecule has 1 aromatic heterocycles. The van der Waals surface area contributed by atoms with Crippen LogP contribution in [0.4, 0.5) is 5.69 Å². The number of rotatable bonds is 10. The summed E-state index contributed by atoms with van der Waals surface area (Å²) in [6.07, 6.45) is 2.53. The van der Waals surface area contributed by atoms with Crippen molar-refractivity contribution in [1.82, 2.24) is 15.2 Å². The Morgan fingerprint density at radius 1 is 1.05 bits per heavy atom. The predicted octanol–water partition coefficient (Wildman–Crippen LogP) is 1.79. The zero-order chi connectivity index (χ0) is 30.6. The number of fused-ring (bicyclic) bond motifs is 1. The van der Waals surface area contributed by atoms with Gasteiger partial charge in [-0.2, -0.15) is 0 Å². The Morgan fingerprint density at radius 2 is 1.71 bits per heavy atom. The van der Waals surface area contributed by atoms with Gasteiger partial charge in [-0.1, -0.05) is 24.3 Å². The summed E-state index contributed by atoms with van der Waals surface area (Å²) < 4.78 is 10.3. The van der Waals surface area contributed by atoms with Gasteiger partial charge in [0.2, 0.25) is 24.5 Å². The molecule has 12 heteroatoms. The number of hydrogen-bond donors (Lipinski definition) is 3. The van der Waals surface area contributed by atoms with Gasteiger partial charge >= 0.3 is 11.9 Å². The normalized spacial score (nSPS) is 18.5. The SMILES string of the molecule is C[C@@H](O)[C@H]1C(=O)N2C(C(=O)OCOC(=O)C(C)(C)C)=C(c3ccc(CC(=O)NCC(=O)Nc4ccncc4)cc3)C[C@H]12. The van der Waals surface area contributed by atoms with Gasteiger partial charge in [0.25, 0.3) is 0 Å². The van der Waals surface area contributed by atoms with Gasteiger partial charge in [-0.05, 0) is 62.9 Å². The smallest absolute Gasteiger partial charge is 0.358 e. The van der Waals surface area contributed by atoms with Gasteiger partial charge in [0, 0.05) is 18.1 Å². The largest absolute Gasteiger partial charge is 0.427 e. The number of aliphatic hydroxyl groups is 1. The second-order valence-corrected chi connectivity index (χ2v) is 11.2. The summed E-state index contributed by atoms with van der Waals surface area (Å²) in [6, 6.07) is 9.76. The molecule has 3 atom stereocenters. The van der Waals surface area contributed by atoms with Crippen molar-refractivity contribution < 1.29 is 38.6 Å². The molecule has 0 radical (unpaired) electrons. The summed E-state index contributed by atoms with van der Waals surface area (Å²) in [5.41, 5.74) is 1.69. The van der Waals surface area contributed by atoms with Crippen LogP contribution in [0.25, 0.3) is 5.57 Å². The first-order chi connectivity index (χ1) is 19.9. The summed E-state index contributed by atoms with van der Waals surface area (Å²) in [5, 5.41) is 15.4. The molecular weight excluding hydrogens is 544 g/mol. The zero-order valence-electron chi connectivity index (χ0n) is 23.9. The molecule has 1 aromatic carbocycles. The summed E-state index contributed by atoms with van der Waals surface area (Å²) in [6.45, 7) is 5.74. The topological polar surface area (TPSA) is 164 Å². The molecule has 222 valence electrons. The third kappa shape index (κ3) is 6.82. The lowest BCUT2D eigenvalue weighted by atomic mass is 9.82. The van der Waals surface area contributed by atoms with Crippen LogP contribution in [-0.4, -0.2) is 70.1 Å². The summed E-state index contributed by atoms with van der Waals surface area (Å²) in [4.78, 5) is 67.7. The maximum absolute atomic E-state index is 13.1. The van der Waals surface area contributed by atoms with Crippen LogP contribution in [0.5, 0.6) is 0 Å². The lowest BCUT2D eigenvalue weighted by Crippen LogP contribution is -2.61. The van der Waals surface area contributed by atoms with Gasteiger partial charge < -0.3 is 30.1 Å². The molecule has 1 fully saturated rings. The number of amides is 3. The number of aromatic nitrogens is 1. The number of nitrogens with one attached hydrogen (secondary N) is 2. The number of carbonyl (C=O) groups is 5. The summed E-state index contributed by atoms with van der Waals surface area (Å²) in [5.74, 6) is -3.12. The quantitative estimate of drug-likeness (QED) is 0.217. The molecule has 12 nitrogen and oxygen atoms in total. The maximum atomic E-state index is 13.1. The van der Waals surface area contributed by atoms with Gasteiger partial charge in [0.15, 0.2) is 0 Å². The molecule has 0 spiro atoms. The number of nitrogens with zero attached hydrogens (tertiary/aromatic N) is 2. The van der Waals surface area contributed by atoms with E-state index in [9.17, 15) is 29.1 Å². The van der Waals surface area contributed by atoms with Crippen molar-refractivity contribution in [3.8, 4) is 0 Å². The lowest BCUT2D eigenvalue weighted by Gasteiger charge is -2.44. The minimum Gasteiger partial charge on any atom is -0.427 e. The highest BCUT2D eigenvalue weighted by molar-refractivity contribution is 6.06. The second kappa shape index (κ2) is 12.5. The summed E-state index contributed by atoms with van der Waals surface area (Å²) in [7, 11) is 0. The van der Waals surface area contributed by atoms with Crippen LogP contribution >= 0.6 is 0 Å². The number of benzene rings is 1. The monoisotopic (exact) mass is 578 g/mol. The van der Waals surface area contributed by atoms with E-state index in [1.165, 1.54) is 11.8 Å². The van der Waals surface area contributed by atoms with E-state index >= 15 is 0 Å². The van der Waals surface area contributed by atoms with Gasteiger partial charge in [-0.25, -0.2) is 4.79 Å². The van der Waals surface area contributed by atoms with Crippen LogP contribution in [0.3, 0.4) is 0 Å². The first-order valence-electron chi connectivity index (χ1n) is 13.5. The van der Waals surface area contributed by atoms with Crippen LogP contribution < -0.4 is 10.6 Å². The highest BCUT2D eigenvalue weighted by atomic mass is 16.7. The van der Waals surface area contributed by atoms with Crippen LogP contribution in [-0.2, 0) is 39.9 Å². The highest BCUT2D eigenvalue weighted by Crippen LogP contribution is 2.47. The number of esters is 2. The van der Waals surface area contributed by atoms with Gasteiger partial charge in [-0.15, -0.1) is 0 Å². The molecule has 0 bridgehead atoms. The van der Waals surface area contributed by atoms with E-state index in [-0.39, 0.29) is 36.4 Å². The maximum Gasteiger partial charge on any atom is 0.358 e. The van der Waals surface area contributed by atoms with E-state index in [0.29, 0.717) is 28.8 Å². The Kier molecular flexibility index (Phi) is 9.05. The second-order valence-electron chi connectivity index (χ2n) is 11.2. The van der Waals surface area contributed by atoms with E-state index in [2.05, 4.69) is 15.6 Å². The minimum atomic E-state index is -0.893. The Bertz CT molecular complexity index is 1400. The zero-order valence-corrected chi connectivity index (χ0v) is 23.9. The first kappa shape index (κ1) is 30.4. The Labute approximate surface area is 243 Å². The van der Waals surface area contributed by atoms with Crippen molar-refractivity contribution in [2.24, 2.45) is 11.3 Å². The molecule has 42 heavy (non-hydrogen) atoms. The van der Waals surface area contributed by atoms with Crippen molar-refractivity contribution in [2.45, 2.75) is 52.7 Å². The minimum absolute atomic E-state index is 0.0211. The van der Waals surface area contributed by atoms with Gasteiger partial charge in [-0.3, -0.25) is 24.2 Å². The van der Waals surface area contributed by atoms with Crippen LogP contribution in [0.2, 0.25) is 0 Å². The number of carbonyl (C=O) groups excluding carboxylic acids is 5. The molecule has 2 aliphatic heterocycles. The summed E-state index contributed by atoms with van der Waals surface area (Å²) >= 11 is 0. The number of β-lactam (4-membered cyclic amide) rings is 1. The highest BCUT2D eigenvalue weighted by Gasteiger charge is 2.57. The van der Waals surface area contributed by atoms with Gasteiger partial charge in [0.05, 0.1) is 36.4 Å². The van der Waals surface area contributed by atoms with Crippen LogP contribution in [0.15, 0.2) is 54.5 Å². The van der Waals surface area contributed by atoms with E-state index in [0.717, 1.165) is 0 Å². The van der Waals surface area contributed by atoms with Crippen molar-refractivity contribution in [2.75, 3.05) is 18.7 Å². The standard InChI is InChI=1S/C30H34N4O8/c1-17(35)25-22-14-21(26(34(22)27(25)38)28(39)41-16-42-29(40)30(2,3)4)19-7-5-18(6-8-19)13-23(36)32-15-24(37)33-20-9-11-31-12-10-20/h5-12,17,22,25,35H,13-16H2,1-4H3,(H,32,36)(H,31,33,37)/t17-,22-,25-/m1/s1. The van der Waals surface area contributed by atoms with Crippen molar-refractivity contribution in [3.63, 3.8) is 0 Å². The molecule has 4 rings (SSSR count).